The van der Waals surface area contributed by atoms with Crippen LogP contribution in [0.25, 0.3) is 0 Å². The molecule has 1 heterocycles. The lowest BCUT2D eigenvalue weighted by Gasteiger charge is -2.30. The van der Waals surface area contributed by atoms with Crippen LogP contribution in [-0.4, -0.2) is 18.7 Å². The molecule has 1 aliphatic heterocycles. The van der Waals surface area contributed by atoms with E-state index in [2.05, 4.69) is 12.2 Å². The van der Waals surface area contributed by atoms with Crippen LogP contribution < -0.4 is 10.1 Å². The fourth-order valence-corrected chi connectivity index (χ4v) is 3.50. The van der Waals surface area contributed by atoms with Crippen LogP contribution in [0, 0.1) is 5.92 Å². The molecule has 2 nitrogen and oxygen atoms in total. The lowest BCUT2D eigenvalue weighted by molar-refractivity contribution is 0.199. The zero-order valence-electron chi connectivity index (χ0n) is 11.5. The fourth-order valence-electron chi connectivity index (χ4n) is 3.31. The monoisotopic (exact) mass is 279 g/mol. The predicted octanol–water partition coefficient (Wildman–Crippen LogP) is 3.81. The van der Waals surface area contributed by atoms with E-state index in [9.17, 15) is 0 Å². The Morgan fingerprint density at radius 2 is 2.16 bits per heavy atom. The highest BCUT2D eigenvalue weighted by molar-refractivity contribution is 6.30. The molecule has 1 N–H and O–H groups in total. The van der Waals surface area contributed by atoms with Crippen molar-refractivity contribution in [1.82, 2.24) is 5.32 Å². The average Bonchev–Trinajstić information content (AvgIpc) is 2.79. The first kappa shape index (κ1) is 13.3. The van der Waals surface area contributed by atoms with E-state index >= 15 is 0 Å². The first-order valence-corrected chi connectivity index (χ1v) is 7.78. The van der Waals surface area contributed by atoms with E-state index in [1.54, 1.807) is 0 Å². The number of nitrogens with one attached hydrogen (secondary N) is 1. The maximum absolute atomic E-state index is 6.02. The Bertz CT molecular complexity index is 448. The zero-order valence-corrected chi connectivity index (χ0v) is 12.2. The Morgan fingerprint density at radius 1 is 1.32 bits per heavy atom. The number of hydrogen-bond donors (Lipinski definition) is 1. The Morgan fingerprint density at radius 3 is 3.00 bits per heavy atom. The molecule has 1 aromatic carbocycles. The molecule has 1 fully saturated rings. The molecule has 3 rings (SSSR count). The van der Waals surface area contributed by atoms with Gasteiger partial charge in [-0.2, -0.15) is 0 Å². The minimum Gasteiger partial charge on any atom is -0.488 e. The van der Waals surface area contributed by atoms with E-state index in [1.807, 2.05) is 18.2 Å². The summed E-state index contributed by atoms with van der Waals surface area (Å²) in [6, 6.07) is 6.59. The van der Waals surface area contributed by atoms with Gasteiger partial charge in [0, 0.05) is 24.0 Å². The Kier molecular flexibility index (Phi) is 3.99. The van der Waals surface area contributed by atoms with Crippen LogP contribution in [0.4, 0.5) is 0 Å². The molecule has 2 aliphatic rings. The normalized spacial score (nSPS) is 29.9. The highest BCUT2D eigenvalue weighted by Crippen LogP contribution is 2.31. The smallest absolute Gasteiger partial charge is 0.123 e. The van der Waals surface area contributed by atoms with Gasteiger partial charge >= 0.3 is 0 Å². The topological polar surface area (TPSA) is 21.3 Å². The van der Waals surface area contributed by atoms with Crippen molar-refractivity contribution < 1.29 is 4.74 Å². The summed E-state index contributed by atoms with van der Waals surface area (Å²) in [6.45, 7) is 3.31. The molecule has 19 heavy (non-hydrogen) atoms. The standard InChI is InChI=1S/C16H22ClNO/c1-11-4-2-3-5-15(11)18-10-14-9-12-8-13(17)6-7-16(12)19-14/h6-8,11,14-15,18H,2-5,9-10H2,1H3. The molecule has 104 valence electrons. The van der Waals surface area contributed by atoms with Crippen molar-refractivity contribution in [3.05, 3.63) is 28.8 Å². The van der Waals surface area contributed by atoms with Gasteiger partial charge in [-0.3, -0.25) is 0 Å². The molecule has 0 spiro atoms. The van der Waals surface area contributed by atoms with E-state index in [4.69, 9.17) is 16.3 Å². The van der Waals surface area contributed by atoms with Gasteiger partial charge in [0.1, 0.15) is 11.9 Å². The van der Waals surface area contributed by atoms with Crippen molar-refractivity contribution in [1.29, 1.82) is 0 Å². The van der Waals surface area contributed by atoms with Crippen LogP contribution in [0.2, 0.25) is 5.02 Å². The summed E-state index contributed by atoms with van der Waals surface area (Å²) in [5.74, 6) is 1.81. The van der Waals surface area contributed by atoms with Gasteiger partial charge < -0.3 is 10.1 Å². The van der Waals surface area contributed by atoms with Gasteiger partial charge in [-0.1, -0.05) is 31.4 Å². The van der Waals surface area contributed by atoms with Crippen molar-refractivity contribution in [2.24, 2.45) is 5.92 Å². The van der Waals surface area contributed by atoms with Crippen molar-refractivity contribution in [3.8, 4) is 5.75 Å². The maximum atomic E-state index is 6.02. The second-order valence-electron chi connectivity index (χ2n) is 5.97. The van der Waals surface area contributed by atoms with Crippen LogP contribution in [0.15, 0.2) is 18.2 Å². The van der Waals surface area contributed by atoms with Crippen LogP contribution in [0.5, 0.6) is 5.75 Å². The second-order valence-corrected chi connectivity index (χ2v) is 6.41. The molecule has 0 radical (unpaired) electrons. The Hall–Kier alpha value is -0.730. The SMILES string of the molecule is CC1CCCCC1NCC1Cc2cc(Cl)ccc2O1. The zero-order chi connectivity index (χ0) is 13.2. The summed E-state index contributed by atoms with van der Waals surface area (Å²) in [7, 11) is 0. The van der Waals surface area contributed by atoms with E-state index in [-0.39, 0.29) is 6.10 Å². The lowest BCUT2D eigenvalue weighted by atomic mass is 9.86. The van der Waals surface area contributed by atoms with Gasteiger partial charge in [-0.25, -0.2) is 0 Å². The largest absolute Gasteiger partial charge is 0.488 e. The Labute approximate surface area is 120 Å². The third-order valence-electron chi connectivity index (χ3n) is 4.48. The number of benzene rings is 1. The molecule has 3 atom stereocenters. The number of rotatable bonds is 3. The van der Waals surface area contributed by atoms with Gasteiger partial charge in [-0.15, -0.1) is 0 Å². The summed E-state index contributed by atoms with van der Waals surface area (Å²) >= 11 is 6.02. The van der Waals surface area contributed by atoms with E-state index in [0.717, 1.165) is 29.7 Å². The van der Waals surface area contributed by atoms with Crippen LogP contribution >= 0.6 is 11.6 Å². The molecular formula is C16H22ClNO. The number of fused-ring (bicyclic) bond motifs is 1. The highest BCUT2D eigenvalue weighted by Gasteiger charge is 2.26. The predicted molar refractivity (Wildman–Crippen MR) is 79.0 cm³/mol. The van der Waals surface area contributed by atoms with Gasteiger partial charge in [0.05, 0.1) is 0 Å². The summed E-state index contributed by atoms with van der Waals surface area (Å²) in [4.78, 5) is 0. The van der Waals surface area contributed by atoms with Gasteiger partial charge in [-0.05, 0) is 42.5 Å². The number of hydrogen-bond acceptors (Lipinski definition) is 2. The summed E-state index contributed by atoms with van der Waals surface area (Å²) in [5, 5.41) is 4.51. The molecule has 0 bridgehead atoms. The van der Waals surface area contributed by atoms with Crippen molar-refractivity contribution in [3.63, 3.8) is 0 Å². The van der Waals surface area contributed by atoms with Gasteiger partial charge in [0.2, 0.25) is 0 Å². The Balaban J connectivity index is 1.53. The summed E-state index contributed by atoms with van der Waals surface area (Å²) in [6.07, 6.45) is 6.67. The van der Waals surface area contributed by atoms with E-state index in [0.29, 0.717) is 6.04 Å². The minimum atomic E-state index is 0.266. The van der Waals surface area contributed by atoms with Gasteiger partial charge in [0.15, 0.2) is 0 Å². The minimum absolute atomic E-state index is 0.266. The van der Waals surface area contributed by atoms with Crippen LogP contribution in [0.3, 0.4) is 0 Å². The summed E-state index contributed by atoms with van der Waals surface area (Å²) < 4.78 is 5.97. The van der Waals surface area contributed by atoms with Crippen LogP contribution in [0.1, 0.15) is 38.2 Å². The molecule has 3 heteroatoms. The van der Waals surface area contributed by atoms with Gasteiger partial charge in [0.25, 0.3) is 0 Å². The molecule has 0 aromatic heterocycles. The quantitative estimate of drug-likeness (QED) is 0.908. The third kappa shape index (κ3) is 3.06. The third-order valence-corrected chi connectivity index (χ3v) is 4.72. The molecule has 3 unspecified atom stereocenters. The van der Waals surface area contributed by atoms with E-state index in [1.165, 1.54) is 31.2 Å². The van der Waals surface area contributed by atoms with E-state index < -0.39 is 0 Å². The molecule has 1 aliphatic carbocycles. The van der Waals surface area contributed by atoms with Crippen molar-refractivity contribution in [2.45, 2.75) is 51.2 Å². The number of halogens is 1. The maximum Gasteiger partial charge on any atom is 0.123 e. The molecule has 0 saturated heterocycles. The first-order valence-electron chi connectivity index (χ1n) is 7.41. The lowest BCUT2D eigenvalue weighted by Crippen LogP contribution is -2.42. The fraction of sp³-hybridized carbons (Fsp3) is 0.625. The summed E-state index contributed by atoms with van der Waals surface area (Å²) in [5.41, 5.74) is 1.25. The molecular weight excluding hydrogens is 258 g/mol. The second kappa shape index (κ2) is 5.72. The highest BCUT2D eigenvalue weighted by atomic mass is 35.5. The molecule has 0 amide bonds. The average molecular weight is 280 g/mol. The van der Waals surface area contributed by atoms with Crippen molar-refractivity contribution in [2.75, 3.05) is 6.54 Å². The molecule has 1 aromatic rings. The molecule has 1 saturated carbocycles. The van der Waals surface area contributed by atoms with Crippen LogP contribution in [-0.2, 0) is 6.42 Å². The first-order chi connectivity index (χ1) is 9.22. The van der Waals surface area contributed by atoms with Crippen molar-refractivity contribution >= 4 is 11.6 Å². The number of ether oxygens (including phenoxy) is 1.